The van der Waals surface area contributed by atoms with Crippen molar-refractivity contribution < 1.29 is 24.2 Å². The number of amides is 2. The zero-order chi connectivity index (χ0) is 20.8. The molecule has 7 heteroatoms. The number of benzene rings is 2. The lowest BCUT2D eigenvalue weighted by Crippen LogP contribution is -2.30. The molecule has 7 nitrogen and oxygen atoms in total. The molecule has 0 aromatic heterocycles. The van der Waals surface area contributed by atoms with Gasteiger partial charge in [0.25, 0.3) is 11.8 Å². The van der Waals surface area contributed by atoms with Gasteiger partial charge >= 0.3 is 5.97 Å². The van der Waals surface area contributed by atoms with E-state index in [0.29, 0.717) is 16.9 Å². The van der Waals surface area contributed by atoms with Gasteiger partial charge in [-0.3, -0.25) is 9.59 Å². The SMILES string of the molecule is CC(C)NC(=O)c1ccc(C(=O)Nc2cc(C(=O)O)ccc2OC(C)C)cc1. The van der Waals surface area contributed by atoms with Gasteiger partial charge in [0.1, 0.15) is 5.75 Å². The van der Waals surface area contributed by atoms with Crippen LogP contribution in [0.1, 0.15) is 58.8 Å². The van der Waals surface area contributed by atoms with Crippen molar-refractivity contribution in [3.63, 3.8) is 0 Å². The summed E-state index contributed by atoms with van der Waals surface area (Å²) in [5.41, 5.74) is 1.08. The van der Waals surface area contributed by atoms with E-state index in [-0.39, 0.29) is 29.3 Å². The van der Waals surface area contributed by atoms with Gasteiger partial charge in [0, 0.05) is 17.2 Å². The number of carboxylic acids is 1. The minimum absolute atomic E-state index is 0.0105. The molecule has 2 amide bonds. The molecule has 0 spiro atoms. The Bertz CT molecular complexity index is 873. The lowest BCUT2D eigenvalue weighted by atomic mass is 10.1. The summed E-state index contributed by atoms with van der Waals surface area (Å²) >= 11 is 0. The van der Waals surface area contributed by atoms with Crippen molar-refractivity contribution in [1.82, 2.24) is 5.32 Å². The van der Waals surface area contributed by atoms with Crippen LogP contribution in [0, 0.1) is 0 Å². The van der Waals surface area contributed by atoms with E-state index >= 15 is 0 Å². The zero-order valence-electron chi connectivity index (χ0n) is 16.3. The molecule has 0 radical (unpaired) electrons. The van der Waals surface area contributed by atoms with Crippen molar-refractivity contribution in [2.24, 2.45) is 0 Å². The fraction of sp³-hybridized carbons (Fsp3) is 0.286. The number of ether oxygens (including phenoxy) is 1. The third-order valence-electron chi connectivity index (χ3n) is 3.67. The standard InChI is InChI=1S/C21H24N2O5/c1-12(2)22-19(24)14-5-7-15(8-6-14)20(25)23-17-11-16(21(26)27)9-10-18(17)28-13(3)4/h5-13H,1-4H3,(H,22,24)(H,23,25)(H,26,27). The topological polar surface area (TPSA) is 105 Å². The van der Waals surface area contributed by atoms with Crippen LogP contribution in [0.3, 0.4) is 0 Å². The largest absolute Gasteiger partial charge is 0.489 e. The van der Waals surface area contributed by atoms with Crippen molar-refractivity contribution >= 4 is 23.5 Å². The van der Waals surface area contributed by atoms with Gasteiger partial charge in [0.05, 0.1) is 17.4 Å². The monoisotopic (exact) mass is 384 g/mol. The molecule has 0 fully saturated rings. The average Bonchev–Trinajstić information content (AvgIpc) is 2.62. The van der Waals surface area contributed by atoms with Gasteiger partial charge in [0.2, 0.25) is 0 Å². The first-order valence-electron chi connectivity index (χ1n) is 8.93. The summed E-state index contributed by atoms with van der Waals surface area (Å²) in [6, 6.07) is 10.5. The Kier molecular flexibility index (Phi) is 6.76. The molecule has 0 atom stereocenters. The molecular weight excluding hydrogens is 360 g/mol. The van der Waals surface area contributed by atoms with E-state index in [0.717, 1.165) is 0 Å². The highest BCUT2D eigenvalue weighted by atomic mass is 16.5. The first-order chi connectivity index (χ1) is 13.2. The van der Waals surface area contributed by atoms with Gasteiger partial charge < -0.3 is 20.5 Å². The molecule has 0 aliphatic heterocycles. The van der Waals surface area contributed by atoms with Gasteiger partial charge in [-0.2, -0.15) is 0 Å². The Labute approximate surface area is 163 Å². The van der Waals surface area contributed by atoms with Crippen molar-refractivity contribution in [2.45, 2.75) is 39.8 Å². The Morgan fingerprint density at radius 1 is 0.857 bits per heavy atom. The van der Waals surface area contributed by atoms with Crippen LogP contribution < -0.4 is 15.4 Å². The summed E-state index contributed by atoms with van der Waals surface area (Å²) in [7, 11) is 0. The molecule has 0 aliphatic rings. The third kappa shape index (κ3) is 5.57. The number of anilines is 1. The maximum Gasteiger partial charge on any atom is 0.335 e. The van der Waals surface area contributed by atoms with Crippen LogP contribution >= 0.6 is 0 Å². The molecule has 0 saturated heterocycles. The molecule has 2 aromatic carbocycles. The second-order valence-corrected chi connectivity index (χ2v) is 6.84. The van der Waals surface area contributed by atoms with Crippen LogP contribution in [0.5, 0.6) is 5.75 Å². The second kappa shape index (κ2) is 9.03. The number of aromatic carboxylic acids is 1. The third-order valence-corrected chi connectivity index (χ3v) is 3.67. The molecule has 0 heterocycles. The number of nitrogens with one attached hydrogen (secondary N) is 2. The fourth-order valence-electron chi connectivity index (χ4n) is 2.43. The molecule has 0 saturated carbocycles. The molecule has 2 aromatic rings. The Morgan fingerprint density at radius 3 is 1.89 bits per heavy atom. The number of hydrogen-bond acceptors (Lipinski definition) is 4. The van der Waals surface area contributed by atoms with Gasteiger partial charge in [-0.1, -0.05) is 0 Å². The second-order valence-electron chi connectivity index (χ2n) is 6.84. The van der Waals surface area contributed by atoms with Crippen LogP contribution in [-0.4, -0.2) is 35.0 Å². The number of carboxylic acid groups (broad SMARTS) is 1. The van der Waals surface area contributed by atoms with E-state index in [2.05, 4.69) is 10.6 Å². The zero-order valence-corrected chi connectivity index (χ0v) is 16.3. The fourth-order valence-corrected chi connectivity index (χ4v) is 2.43. The van der Waals surface area contributed by atoms with Crippen molar-refractivity contribution in [2.75, 3.05) is 5.32 Å². The molecule has 28 heavy (non-hydrogen) atoms. The highest BCUT2D eigenvalue weighted by molar-refractivity contribution is 6.06. The normalized spacial score (nSPS) is 10.6. The van der Waals surface area contributed by atoms with Crippen molar-refractivity contribution in [3.05, 3.63) is 59.2 Å². The number of hydrogen-bond donors (Lipinski definition) is 3. The molecule has 0 unspecified atom stereocenters. The molecule has 0 aliphatic carbocycles. The van der Waals surface area contributed by atoms with E-state index in [1.165, 1.54) is 30.3 Å². The van der Waals surface area contributed by atoms with Gasteiger partial charge in [-0.25, -0.2) is 4.79 Å². The maximum absolute atomic E-state index is 12.6. The van der Waals surface area contributed by atoms with E-state index in [4.69, 9.17) is 4.74 Å². The smallest absolute Gasteiger partial charge is 0.335 e. The van der Waals surface area contributed by atoms with Crippen molar-refractivity contribution in [3.8, 4) is 5.75 Å². The number of carbonyl (C=O) groups excluding carboxylic acids is 2. The van der Waals surface area contributed by atoms with E-state index in [1.807, 2.05) is 27.7 Å². The van der Waals surface area contributed by atoms with Gasteiger partial charge in [0.15, 0.2) is 0 Å². The number of carbonyl (C=O) groups is 3. The number of rotatable bonds is 7. The van der Waals surface area contributed by atoms with E-state index in [9.17, 15) is 19.5 Å². The van der Waals surface area contributed by atoms with Gasteiger partial charge in [-0.05, 0) is 70.2 Å². The summed E-state index contributed by atoms with van der Waals surface area (Å²) in [5, 5.41) is 14.6. The summed E-state index contributed by atoms with van der Waals surface area (Å²) in [5.74, 6) is -1.39. The summed E-state index contributed by atoms with van der Waals surface area (Å²) in [6.45, 7) is 7.39. The van der Waals surface area contributed by atoms with Crippen LogP contribution in [0.4, 0.5) is 5.69 Å². The predicted octanol–water partition coefficient (Wildman–Crippen LogP) is 3.56. The Balaban J connectivity index is 2.22. The lowest BCUT2D eigenvalue weighted by Gasteiger charge is -2.16. The van der Waals surface area contributed by atoms with Crippen LogP contribution in [0.15, 0.2) is 42.5 Å². The Morgan fingerprint density at radius 2 is 1.39 bits per heavy atom. The van der Waals surface area contributed by atoms with E-state index in [1.54, 1.807) is 12.1 Å². The summed E-state index contributed by atoms with van der Waals surface area (Å²) in [4.78, 5) is 35.8. The van der Waals surface area contributed by atoms with Crippen molar-refractivity contribution in [1.29, 1.82) is 0 Å². The Hall–Kier alpha value is -3.35. The van der Waals surface area contributed by atoms with Crippen LogP contribution in [0.2, 0.25) is 0 Å². The minimum atomic E-state index is -1.10. The average molecular weight is 384 g/mol. The summed E-state index contributed by atoms with van der Waals surface area (Å²) in [6.07, 6.45) is -0.148. The highest BCUT2D eigenvalue weighted by Gasteiger charge is 2.15. The molecule has 0 bridgehead atoms. The molecular formula is C21H24N2O5. The first kappa shape index (κ1) is 21.0. The maximum atomic E-state index is 12.6. The predicted molar refractivity (Wildman–Crippen MR) is 106 cm³/mol. The van der Waals surface area contributed by atoms with Crippen LogP contribution in [-0.2, 0) is 0 Å². The molecule has 2 rings (SSSR count). The quantitative estimate of drug-likeness (QED) is 0.677. The van der Waals surface area contributed by atoms with Crippen LogP contribution in [0.25, 0.3) is 0 Å². The summed E-state index contributed by atoms with van der Waals surface area (Å²) < 4.78 is 5.64. The van der Waals surface area contributed by atoms with E-state index < -0.39 is 11.9 Å². The first-order valence-corrected chi connectivity index (χ1v) is 8.93. The minimum Gasteiger partial charge on any atom is -0.489 e. The molecule has 148 valence electrons. The lowest BCUT2D eigenvalue weighted by molar-refractivity contribution is 0.0696. The highest BCUT2D eigenvalue weighted by Crippen LogP contribution is 2.27. The van der Waals surface area contributed by atoms with Gasteiger partial charge in [-0.15, -0.1) is 0 Å². The molecule has 3 N–H and O–H groups in total.